The summed E-state index contributed by atoms with van der Waals surface area (Å²) >= 11 is 0. The molecule has 23 heavy (non-hydrogen) atoms. The van der Waals surface area contributed by atoms with Gasteiger partial charge in [-0.2, -0.15) is 0 Å². The first kappa shape index (κ1) is 16.3. The molecule has 1 aromatic heterocycles. The van der Waals surface area contributed by atoms with Crippen LogP contribution < -0.4 is 0 Å². The molecule has 1 atom stereocenters. The number of rotatable bonds is 6. The van der Waals surface area contributed by atoms with E-state index in [-0.39, 0.29) is 0 Å². The third-order valence-electron chi connectivity index (χ3n) is 5.20. The van der Waals surface area contributed by atoms with Crippen LogP contribution in [0.4, 0.5) is 0 Å². The molecule has 2 heterocycles. The van der Waals surface area contributed by atoms with Crippen LogP contribution in [-0.4, -0.2) is 24.5 Å². The zero-order valence-electron chi connectivity index (χ0n) is 14.5. The van der Waals surface area contributed by atoms with E-state index in [1.807, 2.05) is 6.92 Å². The third kappa shape index (κ3) is 4.71. The average molecular weight is 311 g/mol. The lowest BCUT2D eigenvalue weighted by Crippen LogP contribution is -2.35. The molecule has 0 bridgehead atoms. The molecule has 0 spiro atoms. The zero-order valence-corrected chi connectivity index (χ0v) is 14.5. The molecule has 1 unspecified atom stereocenters. The molecule has 1 aliphatic heterocycles. The van der Waals surface area contributed by atoms with Crippen molar-refractivity contribution in [1.29, 1.82) is 0 Å². The quantitative estimate of drug-likeness (QED) is 0.743. The van der Waals surface area contributed by atoms with E-state index in [2.05, 4.69) is 54.3 Å². The van der Waals surface area contributed by atoms with E-state index in [1.54, 1.807) is 0 Å². The maximum Gasteiger partial charge on any atom is 0.107 e. The average Bonchev–Trinajstić information content (AvgIpc) is 3.01. The van der Waals surface area contributed by atoms with Crippen LogP contribution in [0.3, 0.4) is 0 Å². The molecule has 1 aromatic carbocycles. The van der Waals surface area contributed by atoms with Crippen LogP contribution in [-0.2, 0) is 6.42 Å². The summed E-state index contributed by atoms with van der Waals surface area (Å²) in [4.78, 5) is 2.63. The minimum absolute atomic E-state index is 0.519. The molecule has 1 aliphatic rings. The first-order valence-corrected chi connectivity index (χ1v) is 9.03. The van der Waals surface area contributed by atoms with Crippen LogP contribution in [0.15, 0.2) is 46.9 Å². The van der Waals surface area contributed by atoms with Gasteiger partial charge in [0.2, 0.25) is 0 Å². The Morgan fingerprint density at radius 2 is 1.83 bits per heavy atom. The fraction of sp³-hybridized carbons (Fsp3) is 0.524. The summed E-state index contributed by atoms with van der Waals surface area (Å²) in [6.07, 6.45) is 5.11. The molecule has 2 nitrogen and oxygen atoms in total. The van der Waals surface area contributed by atoms with Crippen molar-refractivity contribution >= 4 is 0 Å². The Morgan fingerprint density at radius 1 is 1.09 bits per heavy atom. The molecule has 0 amide bonds. The second kappa shape index (κ2) is 7.83. The Kier molecular flexibility index (Phi) is 5.56. The summed E-state index contributed by atoms with van der Waals surface area (Å²) in [5, 5.41) is 0. The lowest BCUT2D eigenvalue weighted by Gasteiger charge is -2.32. The number of aryl methyl sites for hydroxylation is 1. The van der Waals surface area contributed by atoms with Crippen molar-refractivity contribution < 1.29 is 4.42 Å². The van der Waals surface area contributed by atoms with Crippen molar-refractivity contribution in [2.24, 2.45) is 5.92 Å². The highest BCUT2D eigenvalue weighted by Crippen LogP contribution is 2.25. The van der Waals surface area contributed by atoms with E-state index in [9.17, 15) is 0 Å². The SMILES string of the molecule is Cc1ccc(C(C)CCN2CCC(Cc3ccccc3)CC2)o1. The van der Waals surface area contributed by atoms with Crippen molar-refractivity contribution in [1.82, 2.24) is 4.90 Å². The minimum atomic E-state index is 0.519. The Balaban J connectivity index is 1.39. The zero-order chi connectivity index (χ0) is 16.1. The van der Waals surface area contributed by atoms with Crippen LogP contribution >= 0.6 is 0 Å². The topological polar surface area (TPSA) is 16.4 Å². The number of piperidine rings is 1. The molecule has 124 valence electrons. The highest BCUT2D eigenvalue weighted by atomic mass is 16.3. The molecule has 0 radical (unpaired) electrons. The summed E-state index contributed by atoms with van der Waals surface area (Å²) in [6.45, 7) is 8.00. The lowest BCUT2D eigenvalue weighted by molar-refractivity contribution is 0.178. The van der Waals surface area contributed by atoms with Crippen molar-refractivity contribution in [2.45, 2.75) is 45.4 Å². The number of hydrogen-bond donors (Lipinski definition) is 0. The molecule has 2 aromatic rings. The van der Waals surface area contributed by atoms with Gasteiger partial charge in [0.05, 0.1) is 0 Å². The Hall–Kier alpha value is -1.54. The summed E-state index contributed by atoms with van der Waals surface area (Å²) in [6, 6.07) is 15.1. The van der Waals surface area contributed by atoms with Gasteiger partial charge in [0.1, 0.15) is 11.5 Å². The lowest BCUT2D eigenvalue weighted by atomic mass is 9.90. The van der Waals surface area contributed by atoms with Crippen molar-refractivity contribution in [3.8, 4) is 0 Å². The summed E-state index contributed by atoms with van der Waals surface area (Å²) < 4.78 is 5.75. The Bertz CT molecular complexity index is 581. The van der Waals surface area contributed by atoms with Gasteiger partial charge < -0.3 is 9.32 Å². The van der Waals surface area contributed by atoms with Crippen molar-refractivity contribution in [3.05, 3.63) is 59.5 Å². The van der Waals surface area contributed by atoms with Crippen LogP contribution in [0.2, 0.25) is 0 Å². The van der Waals surface area contributed by atoms with Gasteiger partial charge in [0.25, 0.3) is 0 Å². The molecule has 0 N–H and O–H groups in total. The smallest absolute Gasteiger partial charge is 0.107 e. The molecule has 1 fully saturated rings. The van der Waals surface area contributed by atoms with Crippen LogP contribution in [0.5, 0.6) is 0 Å². The van der Waals surface area contributed by atoms with Crippen LogP contribution in [0.25, 0.3) is 0 Å². The fourth-order valence-corrected chi connectivity index (χ4v) is 3.60. The predicted molar refractivity (Wildman–Crippen MR) is 95.8 cm³/mol. The number of likely N-dealkylation sites (tertiary alicyclic amines) is 1. The second-order valence-corrected chi connectivity index (χ2v) is 7.11. The Morgan fingerprint density at radius 3 is 2.48 bits per heavy atom. The van der Waals surface area contributed by atoms with Crippen molar-refractivity contribution in [2.75, 3.05) is 19.6 Å². The van der Waals surface area contributed by atoms with Gasteiger partial charge in [0.15, 0.2) is 0 Å². The fourth-order valence-electron chi connectivity index (χ4n) is 3.60. The van der Waals surface area contributed by atoms with Crippen LogP contribution in [0.1, 0.15) is 49.2 Å². The van der Waals surface area contributed by atoms with E-state index in [1.165, 1.54) is 50.9 Å². The highest BCUT2D eigenvalue weighted by molar-refractivity contribution is 5.15. The number of hydrogen-bond acceptors (Lipinski definition) is 2. The monoisotopic (exact) mass is 311 g/mol. The number of nitrogens with zero attached hydrogens (tertiary/aromatic N) is 1. The molecule has 0 aliphatic carbocycles. The summed E-state index contributed by atoms with van der Waals surface area (Å²) in [5.74, 6) is 3.54. The second-order valence-electron chi connectivity index (χ2n) is 7.11. The summed E-state index contributed by atoms with van der Waals surface area (Å²) in [5.41, 5.74) is 1.49. The first-order chi connectivity index (χ1) is 11.2. The van der Waals surface area contributed by atoms with E-state index >= 15 is 0 Å². The first-order valence-electron chi connectivity index (χ1n) is 9.03. The van der Waals surface area contributed by atoms with E-state index in [0.29, 0.717) is 5.92 Å². The minimum Gasteiger partial charge on any atom is -0.466 e. The van der Waals surface area contributed by atoms with Crippen molar-refractivity contribution in [3.63, 3.8) is 0 Å². The summed E-state index contributed by atoms with van der Waals surface area (Å²) in [7, 11) is 0. The van der Waals surface area contributed by atoms with Gasteiger partial charge in [-0.15, -0.1) is 0 Å². The molecule has 2 heteroatoms. The van der Waals surface area contributed by atoms with Gasteiger partial charge in [-0.05, 0) is 75.9 Å². The van der Waals surface area contributed by atoms with Gasteiger partial charge in [-0.25, -0.2) is 0 Å². The molecule has 1 saturated heterocycles. The van der Waals surface area contributed by atoms with E-state index in [0.717, 1.165) is 17.4 Å². The standard InChI is InChI=1S/C21H29NO/c1-17(21-9-8-18(2)23-21)10-13-22-14-11-20(12-15-22)16-19-6-4-3-5-7-19/h3-9,17,20H,10-16H2,1-2H3. The number of benzene rings is 1. The van der Waals surface area contributed by atoms with Crippen LogP contribution in [0, 0.1) is 12.8 Å². The molecule has 3 rings (SSSR count). The Labute approximate surface area is 140 Å². The van der Waals surface area contributed by atoms with E-state index < -0.39 is 0 Å². The largest absolute Gasteiger partial charge is 0.466 e. The molecule has 0 saturated carbocycles. The van der Waals surface area contributed by atoms with E-state index in [4.69, 9.17) is 4.42 Å². The van der Waals surface area contributed by atoms with Gasteiger partial charge in [-0.1, -0.05) is 37.3 Å². The van der Waals surface area contributed by atoms with Gasteiger partial charge >= 0.3 is 0 Å². The molecular weight excluding hydrogens is 282 g/mol. The highest BCUT2D eigenvalue weighted by Gasteiger charge is 2.20. The molecular formula is C21H29NO. The van der Waals surface area contributed by atoms with Gasteiger partial charge in [0, 0.05) is 5.92 Å². The maximum atomic E-state index is 5.75. The normalized spacial score (nSPS) is 18.2. The number of furan rings is 1. The maximum absolute atomic E-state index is 5.75. The third-order valence-corrected chi connectivity index (χ3v) is 5.20. The van der Waals surface area contributed by atoms with Gasteiger partial charge in [-0.3, -0.25) is 0 Å². The predicted octanol–water partition coefficient (Wildman–Crippen LogP) is 5.04.